The van der Waals surface area contributed by atoms with Gasteiger partial charge in [0, 0.05) is 13.2 Å². The SMILES string of the molecule is CCCCCCCCCCOCCOCCOC1CCCCO1. The van der Waals surface area contributed by atoms with E-state index < -0.39 is 0 Å². The maximum Gasteiger partial charge on any atom is 0.157 e. The Labute approximate surface area is 143 Å². The predicted octanol–water partition coefficient (Wildman–Crippen LogP) is 4.70. The Bertz CT molecular complexity index is 229. The van der Waals surface area contributed by atoms with Gasteiger partial charge in [0.25, 0.3) is 0 Å². The molecular weight excluding hydrogens is 292 g/mol. The van der Waals surface area contributed by atoms with Crippen molar-refractivity contribution in [1.29, 1.82) is 0 Å². The fourth-order valence-electron chi connectivity index (χ4n) is 2.74. The van der Waals surface area contributed by atoms with Crippen LogP contribution in [0.25, 0.3) is 0 Å². The second-order valence-corrected chi connectivity index (χ2v) is 6.37. The van der Waals surface area contributed by atoms with E-state index in [4.69, 9.17) is 18.9 Å². The van der Waals surface area contributed by atoms with Gasteiger partial charge >= 0.3 is 0 Å². The van der Waals surface area contributed by atoms with E-state index in [1.807, 2.05) is 0 Å². The van der Waals surface area contributed by atoms with E-state index in [1.165, 1.54) is 57.8 Å². The molecule has 23 heavy (non-hydrogen) atoms. The minimum absolute atomic E-state index is 0.00873. The minimum atomic E-state index is -0.00873. The lowest BCUT2D eigenvalue weighted by atomic mass is 10.1. The van der Waals surface area contributed by atoms with Gasteiger partial charge in [0.2, 0.25) is 0 Å². The third kappa shape index (κ3) is 13.9. The first kappa shape index (κ1) is 20.9. The third-order valence-corrected chi connectivity index (χ3v) is 4.18. The molecule has 0 spiro atoms. The number of hydrogen-bond donors (Lipinski definition) is 0. The zero-order valence-electron chi connectivity index (χ0n) is 15.2. The fourth-order valence-corrected chi connectivity index (χ4v) is 2.74. The Hall–Kier alpha value is -0.160. The molecular formula is C19H38O4. The summed E-state index contributed by atoms with van der Waals surface area (Å²) in [6, 6.07) is 0. The first-order valence-electron chi connectivity index (χ1n) is 9.82. The van der Waals surface area contributed by atoms with E-state index in [1.54, 1.807) is 0 Å². The van der Waals surface area contributed by atoms with Crippen molar-refractivity contribution in [3.8, 4) is 0 Å². The molecule has 0 bridgehead atoms. The molecule has 0 N–H and O–H groups in total. The van der Waals surface area contributed by atoms with Gasteiger partial charge in [-0.1, -0.05) is 51.9 Å². The molecule has 4 nitrogen and oxygen atoms in total. The number of unbranched alkanes of at least 4 members (excludes halogenated alkanes) is 7. The van der Waals surface area contributed by atoms with Gasteiger partial charge in [0.05, 0.1) is 26.4 Å². The molecule has 1 fully saturated rings. The third-order valence-electron chi connectivity index (χ3n) is 4.18. The van der Waals surface area contributed by atoms with Crippen molar-refractivity contribution in [1.82, 2.24) is 0 Å². The van der Waals surface area contributed by atoms with Crippen molar-refractivity contribution >= 4 is 0 Å². The van der Waals surface area contributed by atoms with Gasteiger partial charge in [0.1, 0.15) is 0 Å². The topological polar surface area (TPSA) is 36.9 Å². The molecule has 1 saturated heterocycles. The Balaban J connectivity index is 1.67. The molecule has 0 saturated carbocycles. The van der Waals surface area contributed by atoms with Crippen molar-refractivity contribution < 1.29 is 18.9 Å². The van der Waals surface area contributed by atoms with Crippen LogP contribution >= 0.6 is 0 Å². The van der Waals surface area contributed by atoms with Crippen LogP contribution in [-0.2, 0) is 18.9 Å². The summed E-state index contributed by atoms with van der Waals surface area (Å²) in [6.45, 7) is 6.55. The molecule has 1 atom stereocenters. The Kier molecular flexibility index (Phi) is 15.2. The first-order valence-corrected chi connectivity index (χ1v) is 9.82. The second-order valence-electron chi connectivity index (χ2n) is 6.37. The summed E-state index contributed by atoms with van der Waals surface area (Å²) in [5, 5.41) is 0. The Morgan fingerprint density at radius 1 is 0.739 bits per heavy atom. The number of rotatable bonds is 16. The van der Waals surface area contributed by atoms with Gasteiger partial charge < -0.3 is 18.9 Å². The van der Waals surface area contributed by atoms with E-state index in [9.17, 15) is 0 Å². The normalized spacial score (nSPS) is 18.4. The quantitative estimate of drug-likeness (QED) is 0.384. The molecule has 1 unspecified atom stereocenters. The number of ether oxygens (including phenoxy) is 4. The molecule has 4 heteroatoms. The van der Waals surface area contributed by atoms with Crippen LogP contribution in [-0.4, -0.2) is 45.9 Å². The average Bonchev–Trinajstić information content (AvgIpc) is 2.59. The van der Waals surface area contributed by atoms with Crippen LogP contribution in [0.3, 0.4) is 0 Å². The summed E-state index contributed by atoms with van der Waals surface area (Å²) in [7, 11) is 0. The molecule has 1 rings (SSSR count). The van der Waals surface area contributed by atoms with E-state index in [2.05, 4.69) is 6.92 Å². The summed E-state index contributed by atoms with van der Waals surface area (Å²) in [5.41, 5.74) is 0. The van der Waals surface area contributed by atoms with Crippen LogP contribution < -0.4 is 0 Å². The molecule has 0 radical (unpaired) electrons. The molecule has 0 aromatic rings. The summed E-state index contributed by atoms with van der Waals surface area (Å²) in [4.78, 5) is 0. The van der Waals surface area contributed by atoms with E-state index in [0.717, 1.165) is 26.1 Å². The van der Waals surface area contributed by atoms with Crippen LogP contribution in [0.4, 0.5) is 0 Å². The van der Waals surface area contributed by atoms with Crippen molar-refractivity contribution in [2.75, 3.05) is 39.6 Å². The standard InChI is InChI=1S/C19H38O4/c1-2-3-4-5-6-7-8-10-13-20-15-16-21-17-18-23-19-12-9-11-14-22-19/h19H,2-18H2,1H3. The highest BCUT2D eigenvalue weighted by Crippen LogP contribution is 2.13. The molecule has 0 aromatic carbocycles. The van der Waals surface area contributed by atoms with Crippen molar-refractivity contribution in [2.45, 2.75) is 83.8 Å². The van der Waals surface area contributed by atoms with Gasteiger partial charge in [-0.25, -0.2) is 0 Å². The van der Waals surface area contributed by atoms with Gasteiger partial charge in [-0.2, -0.15) is 0 Å². The van der Waals surface area contributed by atoms with Crippen LogP contribution in [0, 0.1) is 0 Å². The largest absolute Gasteiger partial charge is 0.379 e. The second kappa shape index (κ2) is 16.7. The Morgan fingerprint density at radius 2 is 1.39 bits per heavy atom. The van der Waals surface area contributed by atoms with E-state index in [-0.39, 0.29) is 6.29 Å². The van der Waals surface area contributed by atoms with Gasteiger partial charge in [-0.05, 0) is 25.7 Å². The summed E-state index contributed by atoms with van der Waals surface area (Å²) in [5.74, 6) is 0. The lowest BCUT2D eigenvalue weighted by molar-refractivity contribution is -0.169. The summed E-state index contributed by atoms with van der Waals surface area (Å²) in [6.07, 6.45) is 14.1. The summed E-state index contributed by atoms with van der Waals surface area (Å²) >= 11 is 0. The zero-order chi connectivity index (χ0) is 16.4. The van der Waals surface area contributed by atoms with Gasteiger partial charge in [-0.3, -0.25) is 0 Å². The predicted molar refractivity (Wildman–Crippen MR) is 93.8 cm³/mol. The van der Waals surface area contributed by atoms with Gasteiger partial charge in [-0.15, -0.1) is 0 Å². The Morgan fingerprint density at radius 3 is 2.09 bits per heavy atom. The lowest BCUT2D eigenvalue weighted by Crippen LogP contribution is -2.24. The van der Waals surface area contributed by atoms with Crippen LogP contribution in [0.1, 0.15) is 77.6 Å². The zero-order valence-corrected chi connectivity index (χ0v) is 15.2. The highest BCUT2D eigenvalue weighted by molar-refractivity contribution is 4.53. The smallest absolute Gasteiger partial charge is 0.157 e. The highest BCUT2D eigenvalue weighted by atomic mass is 16.7. The lowest BCUT2D eigenvalue weighted by Gasteiger charge is -2.22. The maximum atomic E-state index is 5.60. The summed E-state index contributed by atoms with van der Waals surface area (Å²) < 4.78 is 22.2. The van der Waals surface area contributed by atoms with Gasteiger partial charge in [0.15, 0.2) is 6.29 Å². The molecule has 1 aliphatic rings. The maximum absolute atomic E-state index is 5.60. The first-order chi connectivity index (χ1) is 11.4. The fraction of sp³-hybridized carbons (Fsp3) is 1.00. The van der Waals surface area contributed by atoms with E-state index in [0.29, 0.717) is 26.4 Å². The van der Waals surface area contributed by atoms with Crippen LogP contribution in [0.2, 0.25) is 0 Å². The molecule has 138 valence electrons. The monoisotopic (exact) mass is 330 g/mol. The average molecular weight is 331 g/mol. The molecule has 0 aliphatic carbocycles. The van der Waals surface area contributed by atoms with Crippen molar-refractivity contribution in [3.05, 3.63) is 0 Å². The molecule has 0 amide bonds. The van der Waals surface area contributed by atoms with E-state index >= 15 is 0 Å². The van der Waals surface area contributed by atoms with Crippen LogP contribution in [0.15, 0.2) is 0 Å². The minimum Gasteiger partial charge on any atom is -0.379 e. The van der Waals surface area contributed by atoms with Crippen LogP contribution in [0.5, 0.6) is 0 Å². The number of hydrogen-bond acceptors (Lipinski definition) is 4. The molecule has 1 aliphatic heterocycles. The molecule has 0 aromatic heterocycles. The van der Waals surface area contributed by atoms with Crippen molar-refractivity contribution in [2.24, 2.45) is 0 Å². The molecule has 1 heterocycles. The van der Waals surface area contributed by atoms with Crippen molar-refractivity contribution in [3.63, 3.8) is 0 Å². The highest BCUT2D eigenvalue weighted by Gasteiger charge is 2.13.